The van der Waals surface area contributed by atoms with E-state index in [1.165, 1.54) is 6.07 Å². The topological polar surface area (TPSA) is 84.4 Å². The fourth-order valence-electron chi connectivity index (χ4n) is 2.18. The summed E-state index contributed by atoms with van der Waals surface area (Å²) in [7, 11) is 3.97. The van der Waals surface area contributed by atoms with Crippen LogP contribution >= 0.6 is 0 Å². The molecule has 1 rings (SSSR count). The van der Waals surface area contributed by atoms with Gasteiger partial charge in [0.1, 0.15) is 5.82 Å². The van der Waals surface area contributed by atoms with E-state index in [0.29, 0.717) is 6.54 Å². The number of nitrogens with zero attached hydrogens (tertiary/aromatic N) is 1. The molecule has 5 N–H and O–H groups in total. The van der Waals surface area contributed by atoms with E-state index in [1.807, 2.05) is 14.1 Å². The molecule has 1 aromatic carbocycles. The average molecular weight is 282 g/mol. The van der Waals surface area contributed by atoms with Gasteiger partial charge in [-0.2, -0.15) is 0 Å². The van der Waals surface area contributed by atoms with Crippen molar-refractivity contribution in [1.82, 2.24) is 4.90 Å². The number of nitrogen functional groups attached to an aromatic ring is 1. The summed E-state index contributed by atoms with van der Waals surface area (Å²) >= 11 is 0. The number of amides is 1. The van der Waals surface area contributed by atoms with Crippen LogP contribution in [0, 0.1) is 11.2 Å². The van der Waals surface area contributed by atoms with E-state index >= 15 is 0 Å². The lowest BCUT2D eigenvalue weighted by molar-refractivity contribution is 0.100. The van der Waals surface area contributed by atoms with E-state index in [2.05, 4.69) is 24.1 Å². The van der Waals surface area contributed by atoms with Crippen LogP contribution in [0.25, 0.3) is 0 Å². The lowest BCUT2D eigenvalue weighted by atomic mass is 9.93. The Labute approximate surface area is 119 Å². The minimum absolute atomic E-state index is 0.0492. The third-order valence-corrected chi connectivity index (χ3v) is 2.91. The molecule has 0 aliphatic carbocycles. The highest BCUT2D eigenvalue weighted by Gasteiger charge is 2.20. The number of benzene rings is 1. The number of nitrogens with one attached hydrogen (secondary N) is 1. The first-order valence-electron chi connectivity index (χ1n) is 6.40. The van der Waals surface area contributed by atoms with Crippen LogP contribution < -0.4 is 16.8 Å². The molecule has 0 aliphatic rings. The van der Waals surface area contributed by atoms with Gasteiger partial charge in [0.25, 0.3) is 5.91 Å². The predicted molar refractivity (Wildman–Crippen MR) is 80.2 cm³/mol. The van der Waals surface area contributed by atoms with Gasteiger partial charge in [-0.3, -0.25) is 4.79 Å². The summed E-state index contributed by atoms with van der Waals surface area (Å²) in [5, 5.41) is 3.02. The monoisotopic (exact) mass is 282 g/mol. The summed E-state index contributed by atoms with van der Waals surface area (Å²) in [6.07, 6.45) is 0. The molecule has 20 heavy (non-hydrogen) atoms. The smallest absolute Gasteiger partial charge is 0.250 e. The number of halogens is 1. The maximum atomic E-state index is 13.8. The molecule has 0 radical (unpaired) electrons. The molecule has 0 unspecified atom stereocenters. The van der Waals surface area contributed by atoms with Gasteiger partial charge in [0, 0.05) is 18.8 Å². The van der Waals surface area contributed by atoms with Crippen LogP contribution in [0.4, 0.5) is 15.8 Å². The zero-order valence-electron chi connectivity index (χ0n) is 12.5. The van der Waals surface area contributed by atoms with Crippen LogP contribution in [-0.2, 0) is 0 Å². The number of nitrogens with two attached hydrogens (primary N) is 2. The Balaban J connectivity index is 2.88. The van der Waals surface area contributed by atoms with Crippen molar-refractivity contribution in [3.8, 4) is 0 Å². The van der Waals surface area contributed by atoms with E-state index < -0.39 is 11.7 Å². The number of hydrogen-bond acceptors (Lipinski definition) is 4. The lowest BCUT2D eigenvalue weighted by Crippen LogP contribution is -2.34. The molecule has 6 heteroatoms. The van der Waals surface area contributed by atoms with Crippen molar-refractivity contribution in [3.05, 3.63) is 23.5 Å². The summed E-state index contributed by atoms with van der Waals surface area (Å²) in [5.41, 5.74) is 11.1. The predicted octanol–water partition coefficient (Wildman–Crippen LogP) is 1.51. The molecule has 0 aromatic heterocycles. The molecule has 0 saturated heterocycles. The largest absolute Gasteiger partial charge is 0.398 e. The van der Waals surface area contributed by atoms with Crippen molar-refractivity contribution in [1.29, 1.82) is 0 Å². The number of carbonyl (C=O) groups is 1. The minimum Gasteiger partial charge on any atom is -0.398 e. The van der Waals surface area contributed by atoms with Crippen molar-refractivity contribution in [2.45, 2.75) is 13.8 Å². The first kappa shape index (κ1) is 16.2. The molecule has 0 atom stereocenters. The Morgan fingerprint density at radius 2 is 2.00 bits per heavy atom. The SMILES string of the molecule is CN(C)CC(C)(C)CNc1cc(C(N)=O)c(N)cc1F. The number of primary amides is 1. The summed E-state index contributed by atoms with van der Waals surface area (Å²) in [5.74, 6) is -1.16. The first-order valence-corrected chi connectivity index (χ1v) is 6.40. The van der Waals surface area contributed by atoms with Crippen LogP contribution in [0.15, 0.2) is 12.1 Å². The molecule has 1 amide bonds. The van der Waals surface area contributed by atoms with Gasteiger partial charge in [-0.1, -0.05) is 13.8 Å². The summed E-state index contributed by atoms with van der Waals surface area (Å²) in [4.78, 5) is 13.3. The maximum absolute atomic E-state index is 13.8. The van der Waals surface area contributed by atoms with Crippen molar-refractivity contribution >= 4 is 17.3 Å². The van der Waals surface area contributed by atoms with Crippen molar-refractivity contribution < 1.29 is 9.18 Å². The second-order valence-corrected chi connectivity index (χ2v) is 6.04. The molecule has 0 bridgehead atoms. The Morgan fingerprint density at radius 1 is 1.40 bits per heavy atom. The molecule has 0 spiro atoms. The van der Waals surface area contributed by atoms with E-state index in [1.54, 1.807) is 0 Å². The molecule has 1 aromatic rings. The zero-order valence-corrected chi connectivity index (χ0v) is 12.5. The van der Waals surface area contributed by atoms with Gasteiger partial charge >= 0.3 is 0 Å². The minimum atomic E-state index is -0.668. The van der Waals surface area contributed by atoms with Gasteiger partial charge < -0.3 is 21.7 Å². The van der Waals surface area contributed by atoms with Crippen molar-refractivity contribution in [3.63, 3.8) is 0 Å². The molecule has 5 nitrogen and oxygen atoms in total. The number of carbonyl (C=O) groups excluding carboxylic acids is 1. The van der Waals surface area contributed by atoms with Gasteiger partial charge in [0.05, 0.1) is 11.3 Å². The Kier molecular flexibility index (Phi) is 4.94. The van der Waals surface area contributed by atoms with Crippen LogP contribution in [-0.4, -0.2) is 38.0 Å². The first-order chi connectivity index (χ1) is 9.12. The molecule has 0 fully saturated rings. The number of rotatable bonds is 6. The third-order valence-electron chi connectivity index (χ3n) is 2.91. The average Bonchev–Trinajstić information content (AvgIpc) is 2.25. The fraction of sp³-hybridized carbons (Fsp3) is 0.500. The highest BCUT2D eigenvalue weighted by Crippen LogP contribution is 2.24. The highest BCUT2D eigenvalue weighted by atomic mass is 19.1. The van der Waals surface area contributed by atoms with Crippen LogP contribution in [0.2, 0.25) is 0 Å². The van der Waals surface area contributed by atoms with Crippen LogP contribution in [0.3, 0.4) is 0 Å². The standard InChI is InChI=1S/C14H23FN4O/c1-14(2,8-19(3)4)7-18-12-5-9(13(17)20)11(16)6-10(12)15/h5-6,18H,7-8,16H2,1-4H3,(H2,17,20). The molecular formula is C14H23FN4O. The molecular weight excluding hydrogens is 259 g/mol. The van der Waals surface area contributed by atoms with E-state index in [-0.39, 0.29) is 22.4 Å². The number of hydrogen-bond donors (Lipinski definition) is 3. The van der Waals surface area contributed by atoms with Crippen molar-refractivity contribution in [2.75, 3.05) is 38.2 Å². The quantitative estimate of drug-likeness (QED) is 0.690. The normalized spacial score (nSPS) is 11.7. The van der Waals surface area contributed by atoms with Gasteiger partial charge in [0.15, 0.2) is 0 Å². The van der Waals surface area contributed by atoms with Crippen LogP contribution in [0.5, 0.6) is 0 Å². The zero-order chi connectivity index (χ0) is 15.5. The fourth-order valence-corrected chi connectivity index (χ4v) is 2.18. The summed E-state index contributed by atoms with van der Waals surface area (Å²) in [6.45, 7) is 5.55. The van der Waals surface area contributed by atoms with Gasteiger partial charge in [0.2, 0.25) is 0 Å². The van der Waals surface area contributed by atoms with E-state index in [4.69, 9.17) is 11.5 Å². The van der Waals surface area contributed by atoms with Crippen LogP contribution in [0.1, 0.15) is 24.2 Å². The summed E-state index contributed by atoms with van der Waals surface area (Å²) in [6, 6.07) is 2.47. The second-order valence-electron chi connectivity index (χ2n) is 6.04. The van der Waals surface area contributed by atoms with Gasteiger partial charge in [-0.15, -0.1) is 0 Å². The van der Waals surface area contributed by atoms with E-state index in [9.17, 15) is 9.18 Å². The Bertz CT molecular complexity index is 500. The summed E-state index contributed by atoms with van der Waals surface area (Å²) < 4.78 is 13.8. The van der Waals surface area contributed by atoms with Crippen molar-refractivity contribution in [2.24, 2.45) is 11.1 Å². The Morgan fingerprint density at radius 3 is 2.50 bits per heavy atom. The number of anilines is 2. The second kappa shape index (κ2) is 6.09. The Hall–Kier alpha value is -1.82. The van der Waals surface area contributed by atoms with Gasteiger partial charge in [-0.05, 0) is 31.6 Å². The van der Waals surface area contributed by atoms with E-state index in [0.717, 1.165) is 12.6 Å². The third kappa shape index (κ3) is 4.38. The molecule has 0 aliphatic heterocycles. The highest BCUT2D eigenvalue weighted by molar-refractivity contribution is 5.99. The van der Waals surface area contributed by atoms with Gasteiger partial charge in [-0.25, -0.2) is 4.39 Å². The molecule has 112 valence electrons. The molecule has 0 heterocycles. The molecule has 0 saturated carbocycles. The maximum Gasteiger partial charge on any atom is 0.250 e. The lowest BCUT2D eigenvalue weighted by Gasteiger charge is -2.29.